The Morgan fingerprint density at radius 2 is 1.56 bits per heavy atom. The Hall–Kier alpha value is -1.84. The summed E-state index contributed by atoms with van der Waals surface area (Å²) in [5.41, 5.74) is 2.63. The molecule has 0 amide bonds. The molecule has 1 fully saturated rings. The molecule has 2 rings (SSSR count). The minimum absolute atomic E-state index is 0.304. The molecule has 0 N–H and O–H groups in total. The highest BCUT2D eigenvalue weighted by Crippen LogP contribution is 2.29. The van der Waals surface area contributed by atoms with Gasteiger partial charge in [0.05, 0.1) is 0 Å². The summed E-state index contributed by atoms with van der Waals surface area (Å²) in [4.78, 5) is 22.3. The highest BCUT2D eigenvalue weighted by atomic mass is 16.7. The van der Waals surface area contributed by atoms with Crippen LogP contribution in [0, 0.1) is 13.8 Å². The van der Waals surface area contributed by atoms with Gasteiger partial charge in [0.25, 0.3) is 6.29 Å². The minimum atomic E-state index is -0.894. The first kappa shape index (κ1) is 10.7. The fraction of sp³-hybridized carbons (Fsp3) is 0.333. The van der Waals surface area contributed by atoms with Crippen molar-refractivity contribution < 1.29 is 19.1 Å². The Kier molecular flexibility index (Phi) is 2.64. The standard InChI is InChI=1S/C12H12O4/c1-7-4-3-5-8(2)11(7)12-15-9(13)6-10(14)16-12/h3-5,12H,6H2,1-2H3. The van der Waals surface area contributed by atoms with Crippen LogP contribution in [0.5, 0.6) is 0 Å². The smallest absolute Gasteiger partial charge is 0.320 e. The summed E-state index contributed by atoms with van der Waals surface area (Å²) in [6.45, 7) is 3.78. The number of rotatable bonds is 1. The Labute approximate surface area is 93.2 Å². The third-order valence-electron chi connectivity index (χ3n) is 2.54. The molecule has 0 spiro atoms. The number of carbonyl (C=O) groups excluding carboxylic acids is 2. The number of benzene rings is 1. The van der Waals surface area contributed by atoms with Gasteiger partial charge < -0.3 is 9.47 Å². The highest BCUT2D eigenvalue weighted by molar-refractivity contribution is 5.92. The maximum atomic E-state index is 11.2. The third-order valence-corrected chi connectivity index (χ3v) is 2.54. The predicted molar refractivity (Wildman–Crippen MR) is 55.5 cm³/mol. The van der Waals surface area contributed by atoms with Gasteiger partial charge >= 0.3 is 11.9 Å². The van der Waals surface area contributed by atoms with Gasteiger partial charge in [0, 0.05) is 5.56 Å². The molecule has 84 valence electrons. The number of cyclic esters (lactones) is 2. The molecule has 1 saturated heterocycles. The van der Waals surface area contributed by atoms with Crippen molar-refractivity contribution in [3.63, 3.8) is 0 Å². The zero-order chi connectivity index (χ0) is 11.7. The molecular formula is C12H12O4. The van der Waals surface area contributed by atoms with Crippen LogP contribution < -0.4 is 0 Å². The molecule has 1 aliphatic rings. The number of carbonyl (C=O) groups is 2. The second-order valence-corrected chi connectivity index (χ2v) is 3.79. The number of hydrogen-bond acceptors (Lipinski definition) is 4. The molecule has 0 aliphatic carbocycles. The first-order valence-corrected chi connectivity index (χ1v) is 5.03. The van der Waals surface area contributed by atoms with E-state index in [0.717, 1.165) is 16.7 Å². The number of aryl methyl sites for hydroxylation is 2. The average molecular weight is 220 g/mol. The van der Waals surface area contributed by atoms with Gasteiger partial charge in [0.1, 0.15) is 6.42 Å². The van der Waals surface area contributed by atoms with Gasteiger partial charge in [0.2, 0.25) is 0 Å². The van der Waals surface area contributed by atoms with E-state index in [2.05, 4.69) is 0 Å². The molecule has 1 aromatic carbocycles. The van der Waals surface area contributed by atoms with Crippen molar-refractivity contribution in [2.75, 3.05) is 0 Å². The number of ether oxygens (including phenoxy) is 2. The Morgan fingerprint density at radius 3 is 2.06 bits per heavy atom. The maximum Gasteiger partial charge on any atom is 0.320 e. The lowest BCUT2D eigenvalue weighted by Crippen LogP contribution is -2.27. The normalized spacial score (nSPS) is 16.9. The molecule has 0 atom stereocenters. The Morgan fingerprint density at radius 1 is 1.06 bits per heavy atom. The minimum Gasteiger partial charge on any atom is -0.420 e. The average Bonchev–Trinajstić information content (AvgIpc) is 2.15. The van der Waals surface area contributed by atoms with E-state index in [1.165, 1.54) is 0 Å². The lowest BCUT2D eigenvalue weighted by molar-refractivity contribution is -0.205. The van der Waals surface area contributed by atoms with E-state index in [4.69, 9.17) is 9.47 Å². The monoisotopic (exact) mass is 220 g/mol. The summed E-state index contributed by atoms with van der Waals surface area (Å²) in [7, 11) is 0. The summed E-state index contributed by atoms with van der Waals surface area (Å²) in [5, 5.41) is 0. The van der Waals surface area contributed by atoms with Crippen molar-refractivity contribution in [3.05, 3.63) is 34.9 Å². The summed E-state index contributed by atoms with van der Waals surface area (Å²) >= 11 is 0. The second kappa shape index (κ2) is 3.96. The lowest BCUT2D eigenvalue weighted by atomic mass is 10.0. The van der Waals surface area contributed by atoms with Crippen LogP contribution >= 0.6 is 0 Å². The van der Waals surface area contributed by atoms with E-state index in [1.54, 1.807) is 0 Å². The van der Waals surface area contributed by atoms with Crippen LogP contribution in [-0.4, -0.2) is 11.9 Å². The quantitative estimate of drug-likeness (QED) is 0.535. The SMILES string of the molecule is Cc1cccc(C)c1C1OC(=O)CC(=O)O1. The van der Waals surface area contributed by atoms with Gasteiger partial charge in [0.15, 0.2) is 0 Å². The third kappa shape index (κ3) is 1.91. The highest BCUT2D eigenvalue weighted by Gasteiger charge is 2.30. The fourth-order valence-electron chi connectivity index (χ4n) is 1.78. The van der Waals surface area contributed by atoms with Gasteiger partial charge in [-0.2, -0.15) is 0 Å². The van der Waals surface area contributed by atoms with E-state index in [1.807, 2.05) is 32.0 Å². The predicted octanol–water partition coefficient (Wildman–Crippen LogP) is 1.79. The molecule has 0 unspecified atom stereocenters. The summed E-state index contributed by atoms with van der Waals surface area (Å²) in [5.74, 6) is -1.08. The molecule has 1 aromatic rings. The van der Waals surface area contributed by atoms with E-state index in [9.17, 15) is 9.59 Å². The van der Waals surface area contributed by atoms with E-state index in [0.29, 0.717) is 0 Å². The first-order chi connectivity index (χ1) is 7.58. The van der Waals surface area contributed by atoms with E-state index in [-0.39, 0.29) is 6.42 Å². The topological polar surface area (TPSA) is 52.6 Å². The van der Waals surface area contributed by atoms with Crippen LogP contribution in [0.3, 0.4) is 0 Å². The summed E-state index contributed by atoms with van der Waals surface area (Å²) < 4.78 is 10.0. The van der Waals surface area contributed by atoms with Crippen LogP contribution in [-0.2, 0) is 19.1 Å². The molecule has 16 heavy (non-hydrogen) atoms. The molecule has 4 nitrogen and oxygen atoms in total. The molecule has 1 heterocycles. The zero-order valence-electron chi connectivity index (χ0n) is 9.15. The lowest BCUT2D eigenvalue weighted by Gasteiger charge is -2.24. The van der Waals surface area contributed by atoms with Crippen molar-refractivity contribution in [1.29, 1.82) is 0 Å². The van der Waals surface area contributed by atoms with E-state index < -0.39 is 18.2 Å². The van der Waals surface area contributed by atoms with Gasteiger partial charge in [-0.15, -0.1) is 0 Å². The molecule has 0 aromatic heterocycles. The van der Waals surface area contributed by atoms with Crippen molar-refractivity contribution >= 4 is 11.9 Å². The van der Waals surface area contributed by atoms with Crippen molar-refractivity contribution in [2.45, 2.75) is 26.6 Å². The molecule has 0 bridgehead atoms. The van der Waals surface area contributed by atoms with Crippen LogP contribution in [0.2, 0.25) is 0 Å². The van der Waals surface area contributed by atoms with Crippen LogP contribution in [0.15, 0.2) is 18.2 Å². The van der Waals surface area contributed by atoms with Crippen molar-refractivity contribution in [2.24, 2.45) is 0 Å². The van der Waals surface area contributed by atoms with Gasteiger partial charge in [-0.25, -0.2) is 0 Å². The molecule has 4 heteroatoms. The Balaban J connectivity index is 2.36. The molecule has 1 aliphatic heterocycles. The zero-order valence-corrected chi connectivity index (χ0v) is 9.15. The van der Waals surface area contributed by atoms with Crippen molar-refractivity contribution in [3.8, 4) is 0 Å². The molecule has 0 saturated carbocycles. The first-order valence-electron chi connectivity index (χ1n) is 5.03. The van der Waals surface area contributed by atoms with Gasteiger partial charge in [-0.3, -0.25) is 9.59 Å². The van der Waals surface area contributed by atoms with Gasteiger partial charge in [-0.05, 0) is 25.0 Å². The Bertz CT molecular complexity index is 414. The molecule has 0 radical (unpaired) electrons. The maximum absolute atomic E-state index is 11.2. The number of esters is 2. The largest absolute Gasteiger partial charge is 0.420 e. The van der Waals surface area contributed by atoms with Crippen LogP contribution in [0.25, 0.3) is 0 Å². The van der Waals surface area contributed by atoms with Crippen LogP contribution in [0.1, 0.15) is 29.4 Å². The van der Waals surface area contributed by atoms with Crippen LogP contribution in [0.4, 0.5) is 0 Å². The van der Waals surface area contributed by atoms with Crippen molar-refractivity contribution in [1.82, 2.24) is 0 Å². The molecular weight excluding hydrogens is 208 g/mol. The fourth-order valence-corrected chi connectivity index (χ4v) is 1.78. The summed E-state index contributed by atoms with van der Waals surface area (Å²) in [6.07, 6.45) is -1.20. The van der Waals surface area contributed by atoms with E-state index >= 15 is 0 Å². The summed E-state index contributed by atoms with van der Waals surface area (Å²) in [6, 6.07) is 5.68. The second-order valence-electron chi connectivity index (χ2n) is 3.79. The van der Waals surface area contributed by atoms with Gasteiger partial charge in [-0.1, -0.05) is 18.2 Å². The number of hydrogen-bond donors (Lipinski definition) is 0.